The van der Waals surface area contributed by atoms with Gasteiger partial charge < -0.3 is 5.32 Å². The maximum Gasteiger partial charge on any atom is 0.320 e. The summed E-state index contributed by atoms with van der Waals surface area (Å²) in [6, 6.07) is 7.37. The Bertz CT molecular complexity index is 755. The number of rotatable bonds is 5. The summed E-state index contributed by atoms with van der Waals surface area (Å²) in [5.41, 5.74) is -0.0668. The Morgan fingerprint density at radius 2 is 2.09 bits per heavy atom. The third kappa shape index (κ3) is 3.68. The van der Waals surface area contributed by atoms with E-state index in [9.17, 15) is 14.9 Å². The molecular formula is C15H17ClN4O3. The van der Waals surface area contributed by atoms with E-state index in [1.54, 1.807) is 6.07 Å². The van der Waals surface area contributed by atoms with Gasteiger partial charge >= 0.3 is 5.69 Å². The van der Waals surface area contributed by atoms with E-state index in [1.165, 1.54) is 17.9 Å². The average Bonchev–Trinajstić information content (AvgIpc) is 2.87. The number of nitro groups is 1. The van der Waals surface area contributed by atoms with Gasteiger partial charge in [-0.15, -0.1) is 0 Å². The van der Waals surface area contributed by atoms with Crippen molar-refractivity contribution >= 4 is 23.2 Å². The van der Waals surface area contributed by atoms with Crippen molar-refractivity contribution in [1.29, 1.82) is 0 Å². The van der Waals surface area contributed by atoms with Crippen molar-refractivity contribution < 1.29 is 9.72 Å². The van der Waals surface area contributed by atoms with Gasteiger partial charge in [-0.3, -0.25) is 19.6 Å². The van der Waals surface area contributed by atoms with Crippen molar-refractivity contribution in [2.45, 2.75) is 19.3 Å². The molecule has 2 rings (SSSR count). The maximum absolute atomic E-state index is 12.2. The van der Waals surface area contributed by atoms with Crippen LogP contribution in [0, 0.1) is 10.1 Å². The SMILES string of the molecule is Cn1cc([N+](=O)[O-])c(C(=O)NCC(C)(C)c2ccccc2Cl)n1. The third-order valence-electron chi connectivity index (χ3n) is 3.52. The van der Waals surface area contributed by atoms with Gasteiger partial charge in [-0.1, -0.05) is 43.6 Å². The Kier molecular flexibility index (Phi) is 4.70. The molecule has 0 aliphatic rings. The van der Waals surface area contributed by atoms with Gasteiger partial charge in [0, 0.05) is 24.0 Å². The monoisotopic (exact) mass is 336 g/mol. The minimum Gasteiger partial charge on any atom is -0.350 e. The summed E-state index contributed by atoms with van der Waals surface area (Å²) in [4.78, 5) is 22.6. The molecule has 0 saturated carbocycles. The van der Waals surface area contributed by atoms with E-state index in [1.807, 2.05) is 32.0 Å². The molecule has 0 spiro atoms. The van der Waals surface area contributed by atoms with E-state index in [-0.39, 0.29) is 17.9 Å². The molecule has 0 fully saturated rings. The topological polar surface area (TPSA) is 90.1 Å². The summed E-state index contributed by atoms with van der Waals surface area (Å²) < 4.78 is 1.24. The van der Waals surface area contributed by atoms with E-state index < -0.39 is 16.2 Å². The van der Waals surface area contributed by atoms with Crippen LogP contribution in [-0.2, 0) is 12.5 Å². The van der Waals surface area contributed by atoms with Crippen molar-refractivity contribution in [3.63, 3.8) is 0 Å². The number of aryl methyl sites for hydroxylation is 1. The standard InChI is InChI=1S/C15H17ClN4O3/c1-15(2,10-6-4-5-7-11(10)16)9-17-14(21)13-12(20(22)23)8-19(3)18-13/h4-8H,9H2,1-3H3,(H,17,21). The number of carbonyl (C=O) groups excluding carboxylic acids is 1. The van der Waals surface area contributed by atoms with Crippen LogP contribution in [0.5, 0.6) is 0 Å². The summed E-state index contributed by atoms with van der Waals surface area (Å²) >= 11 is 6.19. The molecule has 1 aromatic carbocycles. The molecule has 1 N–H and O–H groups in total. The minimum absolute atomic E-state index is 0.201. The lowest BCUT2D eigenvalue weighted by molar-refractivity contribution is -0.385. The Morgan fingerprint density at radius 1 is 1.43 bits per heavy atom. The number of benzene rings is 1. The molecule has 1 amide bonds. The fraction of sp³-hybridized carbons (Fsp3) is 0.333. The second kappa shape index (κ2) is 6.37. The zero-order valence-electron chi connectivity index (χ0n) is 13.0. The predicted octanol–water partition coefficient (Wildman–Crippen LogP) is 2.69. The van der Waals surface area contributed by atoms with Crippen LogP contribution in [0.2, 0.25) is 5.02 Å². The molecule has 8 heteroatoms. The summed E-state index contributed by atoms with van der Waals surface area (Å²) in [5, 5.41) is 18.1. The fourth-order valence-corrected chi connectivity index (χ4v) is 2.65. The summed E-state index contributed by atoms with van der Waals surface area (Å²) in [5.74, 6) is -0.586. The number of hydrogen-bond donors (Lipinski definition) is 1. The molecule has 1 aromatic heterocycles. The fourth-order valence-electron chi connectivity index (χ4n) is 2.26. The molecule has 1 heterocycles. The summed E-state index contributed by atoms with van der Waals surface area (Å²) in [6.07, 6.45) is 1.20. The predicted molar refractivity (Wildman–Crippen MR) is 86.7 cm³/mol. The van der Waals surface area contributed by atoms with Crippen molar-refractivity contribution in [3.8, 4) is 0 Å². The van der Waals surface area contributed by atoms with E-state index in [0.717, 1.165) is 5.56 Å². The lowest BCUT2D eigenvalue weighted by Gasteiger charge is -2.26. The van der Waals surface area contributed by atoms with E-state index in [2.05, 4.69) is 10.4 Å². The lowest BCUT2D eigenvalue weighted by atomic mass is 9.84. The van der Waals surface area contributed by atoms with Gasteiger partial charge in [-0.25, -0.2) is 0 Å². The lowest BCUT2D eigenvalue weighted by Crippen LogP contribution is -2.37. The molecular weight excluding hydrogens is 320 g/mol. The van der Waals surface area contributed by atoms with Crippen molar-refractivity contribution in [1.82, 2.24) is 15.1 Å². The van der Waals surface area contributed by atoms with Crippen molar-refractivity contribution in [3.05, 3.63) is 56.9 Å². The third-order valence-corrected chi connectivity index (χ3v) is 3.84. The quantitative estimate of drug-likeness (QED) is 0.671. The Labute approximate surface area is 138 Å². The van der Waals surface area contributed by atoms with Gasteiger partial charge in [-0.2, -0.15) is 5.10 Å². The van der Waals surface area contributed by atoms with Crippen LogP contribution in [0.25, 0.3) is 0 Å². The van der Waals surface area contributed by atoms with Crippen molar-refractivity contribution in [2.24, 2.45) is 7.05 Å². The molecule has 0 saturated heterocycles. The number of nitrogens with one attached hydrogen (secondary N) is 1. The maximum atomic E-state index is 12.2. The Hall–Kier alpha value is -2.41. The van der Waals surface area contributed by atoms with Crippen LogP contribution in [0.4, 0.5) is 5.69 Å². The molecule has 0 aliphatic carbocycles. The first kappa shape index (κ1) is 17.0. The molecule has 0 unspecified atom stereocenters. The molecule has 0 bridgehead atoms. The van der Waals surface area contributed by atoms with Gasteiger partial charge in [0.05, 0.1) is 4.92 Å². The smallest absolute Gasteiger partial charge is 0.320 e. The van der Waals surface area contributed by atoms with Gasteiger partial charge in [0.1, 0.15) is 6.20 Å². The highest BCUT2D eigenvalue weighted by Crippen LogP contribution is 2.29. The van der Waals surface area contributed by atoms with Gasteiger partial charge in [0.2, 0.25) is 5.69 Å². The second-order valence-electron chi connectivity index (χ2n) is 5.84. The average molecular weight is 337 g/mol. The van der Waals surface area contributed by atoms with Crippen LogP contribution in [-0.4, -0.2) is 27.2 Å². The number of hydrogen-bond acceptors (Lipinski definition) is 4. The Balaban J connectivity index is 2.16. The summed E-state index contributed by atoms with van der Waals surface area (Å²) in [6.45, 7) is 4.13. The first-order valence-electron chi connectivity index (χ1n) is 6.93. The normalized spacial score (nSPS) is 11.3. The minimum atomic E-state index is -0.624. The Morgan fingerprint density at radius 3 is 2.70 bits per heavy atom. The van der Waals surface area contributed by atoms with E-state index in [4.69, 9.17) is 11.6 Å². The zero-order chi connectivity index (χ0) is 17.2. The molecule has 2 aromatic rings. The molecule has 0 aliphatic heterocycles. The molecule has 122 valence electrons. The van der Waals surface area contributed by atoms with E-state index in [0.29, 0.717) is 5.02 Å². The van der Waals surface area contributed by atoms with Crippen LogP contribution >= 0.6 is 11.6 Å². The van der Waals surface area contributed by atoms with Crippen LogP contribution < -0.4 is 5.32 Å². The highest BCUT2D eigenvalue weighted by Gasteiger charge is 2.28. The van der Waals surface area contributed by atoms with Crippen LogP contribution in [0.1, 0.15) is 29.9 Å². The van der Waals surface area contributed by atoms with Gasteiger partial charge in [0.15, 0.2) is 0 Å². The van der Waals surface area contributed by atoms with Crippen LogP contribution in [0.3, 0.4) is 0 Å². The number of nitrogens with zero attached hydrogens (tertiary/aromatic N) is 3. The number of aromatic nitrogens is 2. The first-order valence-corrected chi connectivity index (χ1v) is 7.31. The number of halogens is 1. The number of carbonyl (C=O) groups is 1. The first-order chi connectivity index (χ1) is 10.7. The van der Waals surface area contributed by atoms with Gasteiger partial charge in [-0.05, 0) is 11.6 Å². The van der Waals surface area contributed by atoms with Gasteiger partial charge in [0.25, 0.3) is 5.91 Å². The van der Waals surface area contributed by atoms with Crippen molar-refractivity contribution in [2.75, 3.05) is 6.54 Å². The molecule has 7 nitrogen and oxygen atoms in total. The number of amides is 1. The van der Waals surface area contributed by atoms with Crippen LogP contribution in [0.15, 0.2) is 30.5 Å². The molecule has 0 radical (unpaired) electrons. The zero-order valence-corrected chi connectivity index (χ0v) is 13.8. The van der Waals surface area contributed by atoms with E-state index >= 15 is 0 Å². The summed E-state index contributed by atoms with van der Waals surface area (Å²) in [7, 11) is 1.53. The largest absolute Gasteiger partial charge is 0.350 e. The highest BCUT2D eigenvalue weighted by molar-refractivity contribution is 6.31. The molecule has 0 atom stereocenters. The molecule has 23 heavy (non-hydrogen) atoms. The highest BCUT2D eigenvalue weighted by atomic mass is 35.5. The second-order valence-corrected chi connectivity index (χ2v) is 6.25.